The molecule has 0 spiro atoms. The summed E-state index contributed by atoms with van der Waals surface area (Å²) in [4.78, 5) is 15.3. The second-order valence-electron chi connectivity index (χ2n) is 14.4. The fourth-order valence-corrected chi connectivity index (χ4v) is 8.42. The molecule has 0 aliphatic carbocycles. The van der Waals surface area contributed by atoms with Crippen LogP contribution in [0.25, 0.3) is 117 Å². The Kier molecular flexibility index (Phi) is 6.83. The molecule has 0 aliphatic rings. The Hall–Kier alpha value is -7.83. The number of para-hydroxylation sites is 3. The topological polar surface area (TPSA) is 69.9 Å². The van der Waals surface area contributed by atoms with Crippen molar-refractivity contribution in [1.82, 2.24) is 19.5 Å². The lowest BCUT2D eigenvalue weighted by atomic mass is 10.0. The summed E-state index contributed by atoms with van der Waals surface area (Å²) in [6.45, 7) is 0. The monoisotopic (exact) mass is 730 g/mol. The number of fused-ring (bicyclic) bond motifs is 10. The van der Waals surface area contributed by atoms with Crippen LogP contribution in [-0.4, -0.2) is 19.5 Å². The van der Waals surface area contributed by atoms with E-state index in [4.69, 9.17) is 23.8 Å². The van der Waals surface area contributed by atoms with E-state index in [2.05, 4.69) is 120 Å². The minimum absolute atomic E-state index is 0.529. The first-order valence-electron chi connectivity index (χ1n) is 19.0. The lowest BCUT2D eigenvalue weighted by molar-refractivity contribution is 0.668. The van der Waals surface area contributed by atoms with Gasteiger partial charge in [-0.1, -0.05) is 127 Å². The van der Waals surface area contributed by atoms with Gasteiger partial charge in [0.25, 0.3) is 0 Å². The highest BCUT2D eigenvalue weighted by molar-refractivity contribution is 6.25. The zero-order chi connectivity index (χ0) is 37.5. The molecular weight excluding hydrogens is 701 g/mol. The minimum atomic E-state index is 0.529. The Morgan fingerprint density at radius 3 is 1.81 bits per heavy atom. The van der Waals surface area contributed by atoms with Crippen molar-refractivity contribution >= 4 is 65.7 Å². The Balaban J connectivity index is 1.08. The Bertz CT molecular complexity index is 3510. The molecule has 0 radical (unpaired) electrons. The van der Waals surface area contributed by atoms with Crippen molar-refractivity contribution in [1.29, 1.82) is 0 Å². The molecule has 4 heterocycles. The first-order valence-corrected chi connectivity index (χ1v) is 19.0. The maximum atomic E-state index is 6.86. The number of furan rings is 2. The summed E-state index contributed by atoms with van der Waals surface area (Å²) in [6, 6.07) is 62.7. The van der Waals surface area contributed by atoms with Crippen LogP contribution in [-0.2, 0) is 0 Å². The molecule has 0 saturated heterocycles. The van der Waals surface area contributed by atoms with E-state index in [0.717, 1.165) is 82.7 Å². The minimum Gasteiger partial charge on any atom is -0.456 e. The van der Waals surface area contributed by atoms with Crippen LogP contribution >= 0.6 is 0 Å². The van der Waals surface area contributed by atoms with Crippen molar-refractivity contribution in [2.75, 3.05) is 0 Å². The normalized spacial score (nSPS) is 11.9. The second-order valence-corrected chi connectivity index (χ2v) is 14.4. The third-order valence-electron chi connectivity index (χ3n) is 11.1. The summed E-state index contributed by atoms with van der Waals surface area (Å²) < 4.78 is 15.5. The molecule has 8 aromatic carbocycles. The number of aromatic nitrogens is 4. The van der Waals surface area contributed by atoms with Gasteiger partial charge in [0.15, 0.2) is 17.5 Å². The van der Waals surface area contributed by atoms with Crippen molar-refractivity contribution in [3.63, 3.8) is 0 Å². The van der Waals surface area contributed by atoms with E-state index in [9.17, 15) is 0 Å². The summed E-state index contributed by atoms with van der Waals surface area (Å²) in [7, 11) is 0. The van der Waals surface area contributed by atoms with Gasteiger partial charge in [0.1, 0.15) is 22.3 Å². The molecule has 4 aromatic heterocycles. The maximum absolute atomic E-state index is 6.86. The standard InChI is InChI=1S/C51H30N4O2/c1-3-12-31(13-4-1)32-22-25-35(26-23-32)55-42-20-9-7-16-36(42)39-28-29-44-46(47(39)55)40-18-11-19-41(48(40)57-44)51-53-49(33-14-5-2-6-15-33)52-50(54-51)34-24-27-38-37-17-8-10-21-43(37)56-45(38)30-34/h1-30H. The van der Waals surface area contributed by atoms with Gasteiger partial charge in [-0.05, 0) is 65.7 Å². The SMILES string of the molecule is c1ccc(-c2ccc(-n3c4ccccc4c4ccc5oc6c(-c7nc(-c8ccccc8)nc(-c8ccc9c(c8)oc8ccccc89)n7)cccc6c5c43)cc2)cc1. The molecule has 0 unspecified atom stereocenters. The van der Waals surface area contributed by atoms with Crippen LogP contribution in [0, 0.1) is 0 Å². The predicted molar refractivity (Wildman–Crippen MR) is 230 cm³/mol. The summed E-state index contributed by atoms with van der Waals surface area (Å²) in [5.41, 5.74) is 11.3. The van der Waals surface area contributed by atoms with Crippen molar-refractivity contribution in [3.05, 3.63) is 182 Å². The number of nitrogens with zero attached hydrogens (tertiary/aromatic N) is 4. The van der Waals surface area contributed by atoms with E-state index in [1.807, 2.05) is 66.7 Å². The molecule has 0 N–H and O–H groups in total. The number of hydrogen-bond acceptors (Lipinski definition) is 5. The number of rotatable bonds is 5. The van der Waals surface area contributed by atoms with Crippen LogP contribution < -0.4 is 0 Å². The molecule has 12 rings (SSSR count). The van der Waals surface area contributed by atoms with Gasteiger partial charge in [-0.15, -0.1) is 0 Å². The molecule has 57 heavy (non-hydrogen) atoms. The van der Waals surface area contributed by atoms with Gasteiger partial charge < -0.3 is 13.4 Å². The molecule has 6 heteroatoms. The van der Waals surface area contributed by atoms with Gasteiger partial charge in [0.2, 0.25) is 0 Å². The van der Waals surface area contributed by atoms with Gasteiger partial charge in [-0.2, -0.15) is 0 Å². The predicted octanol–water partition coefficient (Wildman–Crippen LogP) is 13.4. The van der Waals surface area contributed by atoms with Crippen LogP contribution in [0.1, 0.15) is 0 Å². The lowest BCUT2D eigenvalue weighted by Crippen LogP contribution is -2.00. The van der Waals surface area contributed by atoms with E-state index in [-0.39, 0.29) is 0 Å². The first-order chi connectivity index (χ1) is 28.2. The Morgan fingerprint density at radius 1 is 0.368 bits per heavy atom. The van der Waals surface area contributed by atoms with Gasteiger partial charge >= 0.3 is 0 Å². The van der Waals surface area contributed by atoms with E-state index in [0.29, 0.717) is 17.5 Å². The van der Waals surface area contributed by atoms with Crippen LogP contribution in [0.5, 0.6) is 0 Å². The van der Waals surface area contributed by atoms with Gasteiger partial charge in [0.05, 0.1) is 22.0 Å². The van der Waals surface area contributed by atoms with Gasteiger partial charge in [-0.3, -0.25) is 0 Å². The summed E-state index contributed by atoms with van der Waals surface area (Å²) in [5, 5.41) is 6.51. The van der Waals surface area contributed by atoms with Crippen LogP contribution in [0.4, 0.5) is 0 Å². The van der Waals surface area contributed by atoms with E-state index < -0.39 is 0 Å². The largest absolute Gasteiger partial charge is 0.456 e. The molecular formula is C51H30N4O2. The highest BCUT2D eigenvalue weighted by atomic mass is 16.3. The molecule has 0 amide bonds. The average molecular weight is 731 g/mol. The zero-order valence-corrected chi connectivity index (χ0v) is 30.4. The lowest BCUT2D eigenvalue weighted by Gasteiger charge is -2.10. The van der Waals surface area contributed by atoms with Gasteiger partial charge in [0, 0.05) is 43.7 Å². The molecule has 266 valence electrons. The average Bonchev–Trinajstić information content (AvgIpc) is 3.96. The first kappa shape index (κ1) is 31.5. The zero-order valence-electron chi connectivity index (χ0n) is 30.4. The Morgan fingerprint density at radius 2 is 0.982 bits per heavy atom. The summed E-state index contributed by atoms with van der Waals surface area (Å²) in [5.74, 6) is 1.66. The molecule has 0 aliphatic heterocycles. The molecule has 0 atom stereocenters. The van der Waals surface area contributed by atoms with Crippen LogP contribution in [0.3, 0.4) is 0 Å². The smallest absolute Gasteiger partial charge is 0.167 e. The number of hydrogen-bond donors (Lipinski definition) is 0. The van der Waals surface area contributed by atoms with Crippen molar-refractivity contribution in [3.8, 4) is 51.0 Å². The second kappa shape index (κ2) is 12.3. The molecule has 0 fully saturated rings. The Labute approximate surface area is 325 Å². The summed E-state index contributed by atoms with van der Waals surface area (Å²) >= 11 is 0. The molecule has 0 bridgehead atoms. The van der Waals surface area contributed by atoms with E-state index >= 15 is 0 Å². The fourth-order valence-electron chi connectivity index (χ4n) is 8.42. The third-order valence-corrected chi connectivity index (χ3v) is 11.1. The van der Waals surface area contributed by atoms with Crippen molar-refractivity contribution < 1.29 is 8.83 Å². The third kappa shape index (κ3) is 4.94. The van der Waals surface area contributed by atoms with Gasteiger partial charge in [-0.25, -0.2) is 15.0 Å². The number of benzene rings is 8. The maximum Gasteiger partial charge on any atom is 0.167 e. The summed E-state index contributed by atoms with van der Waals surface area (Å²) in [6.07, 6.45) is 0. The van der Waals surface area contributed by atoms with E-state index in [1.54, 1.807) is 0 Å². The quantitative estimate of drug-likeness (QED) is 0.176. The molecule has 6 nitrogen and oxygen atoms in total. The molecule has 0 saturated carbocycles. The van der Waals surface area contributed by atoms with Crippen LogP contribution in [0.2, 0.25) is 0 Å². The van der Waals surface area contributed by atoms with Crippen LogP contribution in [0.15, 0.2) is 191 Å². The van der Waals surface area contributed by atoms with Crippen molar-refractivity contribution in [2.24, 2.45) is 0 Å². The fraction of sp³-hybridized carbons (Fsp3) is 0. The van der Waals surface area contributed by atoms with Crippen molar-refractivity contribution in [2.45, 2.75) is 0 Å². The highest BCUT2D eigenvalue weighted by Crippen LogP contribution is 2.43. The molecule has 12 aromatic rings. The van der Waals surface area contributed by atoms with E-state index in [1.165, 1.54) is 16.5 Å². The highest BCUT2D eigenvalue weighted by Gasteiger charge is 2.22.